The average Bonchev–Trinajstić information content (AvgIpc) is 2.66. The lowest BCUT2D eigenvalue weighted by molar-refractivity contribution is -0.144. The van der Waals surface area contributed by atoms with Crippen molar-refractivity contribution in [2.75, 3.05) is 32.7 Å². The van der Waals surface area contributed by atoms with E-state index in [2.05, 4.69) is 22.0 Å². The first kappa shape index (κ1) is 15.3. The van der Waals surface area contributed by atoms with Gasteiger partial charge in [0.05, 0.1) is 12.5 Å². The van der Waals surface area contributed by atoms with Gasteiger partial charge in [-0.3, -0.25) is 14.5 Å². The number of carbonyl (C=O) groups excluding carboxylic acids is 1. The van der Waals surface area contributed by atoms with E-state index in [-0.39, 0.29) is 12.3 Å². The smallest absolute Gasteiger partial charge is 0.305 e. The summed E-state index contributed by atoms with van der Waals surface area (Å²) in [6.07, 6.45) is 3.10. The molecule has 0 aromatic heterocycles. The van der Waals surface area contributed by atoms with E-state index in [0.29, 0.717) is 12.6 Å². The zero-order valence-corrected chi connectivity index (χ0v) is 12.2. The van der Waals surface area contributed by atoms with Gasteiger partial charge in [0.15, 0.2) is 0 Å². The Labute approximate surface area is 120 Å². The molecule has 2 fully saturated rings. The van der Waals surface area contributed by atoms with Crippen LogP contribution in [0.1, 0.15) is 32.6 Å². The van der Waals surface area contributed by atoms with E-state index < -0.39 is 12.0 Å². The van der Waals surface area contributed by atoms with Crippen LogP contribution in [0.25, 0.3) is 0 Å². The predicted molar refractivity (Wildman–Crippen MR) is 75.5 cm³/mol. The normalized spacial score (nSPS) is 29.8. The summed E-state index contributed by atoms with van der Waals surface area (Å²) in [4.78, 5) is 27.5. The topological polar surface area (TPSA) is 72.9 Å². The second-order valence-electron chi connectivity index (χ2n) is 5.66. The molecule has 6 heteroatoms. The fraction of sp³-hybridized carbons (Fsp3) is 0.857. The van der Waals surface area contributed by atoms with E-state index >= 15 is 0 Å². The van der Waals surface area contributed by atoms with Gasteiger partial charge < -0.3 is 15.3 Å². The van der Waals surface area contributed by atoms with Crippen LogP contribution in [0.5, 0.6) is 0 Å². The first-order chi connectivity index (χ1) is 9.61. The van der Waals surface area contributed by atoms with Crippen molar-refractivity contribution in [2.24, 2.45) is 0 Å². The highest BCUT2D eigenvalue weighted by molar-refractivity contribution is 5.86. The molecule has 0 bridgehead atoms. The minimum atomic E-state index is -0.902. The first-order valence-corrected chi connectivity index (χ1v) is 7.59. The predicted octanol–water partition coefficient (Wildman–Crippen LogP) is 0.136. The second-order valence-corrected chi connectivity index (χ2v) is 5.66. The monoisotopic (exact) mass is 283 g/mol. The Morgan fingerprint density at radius 2 is 2.15 bits per heavy atom. The third kappa shape index (κ3) is 3.70. The minimum absolute atomic E-state index is 0.0974. The molecule has 1 amide bonds. The molecule has 2 unspecified atom stereocenters. The second kappa shape index (κ2) is 7.04. The van der Waals surface area contributed by atoms with Gasteiger partial charge in [-0.05, 0) is 38.9 Å². The number of carboxylic acids is 1. The number of carboxylic acid groups (broad SMARTS) is 1. The molecule has 0 aromatic rings. The summed E-state index contributed by atoms with van der Waals surface area (Å²) >= 11 is 0. The molecule has 2 heterocycles. The number of carbonyl (C=O) groups is 2. The Balaban J connectivity index is 2.03. The summed E-state index contributed by atoms with van der Waals surface area (Å²) < 4.78 is 0. The maximum atomic E-state index is 12.0. The van der Waals surface area contributed by atoms with Gasteiger partial charge in [0, 0.05) is 19.1 Å². The molecule has 2 aliphatic rings. The molecule has 0 saturated carbocycles. The van der Waals surface area contributed by atoms with Crippen LogP contribution in [-0.2, 0) is 9.59 Å². The lowest BCUT2D eigenvalue weighted by Crippen LogP contribution is -2.59. The Hall–Kier alpha value is -1.14. The van der Waals surface area contributed by atoms with E-state index in [1.165, 1.54) is 0 Å². The highest BCUT2D eigenvalue weighted by atomic mass is 16.4. The standard InChI is InChI=1S/C14H25N3O3/c1-2-16-7-3-4-11(5-8-16)17-9-6-15-14(20)12(17)10-13(18)19/h11-12H,2-10H2,1H3,(H,15,20)(H,18,19). The molecule has 2 N–H and O–H groups in total. The molecule has 2 atom stereocenters. The number of hydrogen-bond donors (Lipinski definition) is 2. The number of nitrogens with zero attached hydrogens (tertiary/aromatic N) is 2. The van der Waals surface area contributed by atoms with Crippen LogP contribution in [0.3, 0.4) is 0 Å². The summed E-state index contributed by atoms with van der Waals surface area (Å²) in [6.45, 7) is 6.77. The SMILES string of the molecule is CCN1CCCC(N2CCNC(=O)C2CC(=O)O)CC1. The summed E-state index contributed by atoms with van der Waals surface area (Å²) in [5.41, 5.74) is 0. The molecular weight excluding hydrogens is 258 g/mol. The molecule has 0 spiro atoms. The minimum Gasteiger partial charge on any atom is -0.481 e. The van der Waals surface area contributed by atoms with Crippen molar-refractivity contribution in [3.8, 4) is 0 Å². The van der Waals surface area contributed by atoms with Crippen LogP contribution in [0.4, 0.5) is 0 Å². The number of aliphatic carboxylic acids is 1. The van der Waals surface area contributed by atoms with Gasteiger partial charge in [-0.15, -0.1) is 0 Å². The van der Waals surface area contributed by atoms with E-state index in [1.54, 1.807) is 0 Å². The summed E-state index contributed by atoms with van der Waals surface area (Å²) in [5, 5.41) is 11.8. The van der Waals surface area contributed by atoms with E-state index in [1.807, 2.05) is 0 Å². The Morgan fingerprint density at radius 1 is 1.35 bits per heavy atom. The molecule has 2 saturated heterocycles. The first-order valence-electron chi connectivity index (χ1n) is 7.59. The van der Waals surface area contributed by atoms with Gasteiger partial charge in [0.2, 0.25) is 5.91 Å². The van der Waals surface area contributed by atoms with Gasteiger partial charge in [0.25, 0.3) is 0 Å². The van der Waals surface area contributed by atoms with Crippen molar-refractivity contribution >= 4 is 11.9 Å². The molecule has 2 aliphatic heterocycles. The number of nitrogens with one attached hydrogen (secondary N) is 1. The van der Waals surface area contributed by atoms with Crippen molar-refractivity contribution in [1.29, 1.82) is 0 Å². The average molecular weight is 283 g/mol. The largest absolute Gasteiger partial charge is 0.481 e. The maximum Gasteiger partial charge on any atom is 0.305 e. The van der Waals surface area contributed by atoms with E-state index in [4.69, 9.17) is 5.11 Å². The Bertz CT molecular complexity index is 362. The third-order valence-electron chi connectivity index (χ3n) is 4.45. The number of rotatable bonds is 4. The molecule has 20 heavy (non-hydrogen) atoms. The molecule has 114 valence electrons. The summed E-state index contributed by atoms with van der Waals surface area (Å²) in [5.74, 6) is -1.03. The van der Waals surface area contributed by atoms with Crippen molar-refractivity contribution in [3.05, 3.63) is 0 Å². The van der Waals surface area contributed by atoms with Crippen LogP contribution in [-0.4, -0.2) is 71.6 Å². The van der Waals surface area contributed by atoms with Crippen molar-refractivity contribution in [2.45, 2.75) is 44.7 Å². The fourth-order valence-corrected chi connectivity index (χ4v) is 3.33. The quantitative estimate of drug-likeness (QED) is 0.767. The highest BCUT2D eigenvalue weighted by Gasteiger charge is 2.36. The van der Waals surface area contributed by atoms with Gasteiger partial charge in [-0.25, -0.2) is 0 Å². The molecular formula is C14H25N3O3. The summed E-state index contributed by atoms with van der Waals surface area (Å²) in [7, 11) is 0. The van der Waals surface area contributed by atoms with Gasteiger partial charge in [-0.2, -0.15) is 0 Å². The number of hydrogen-bond acceptors (Lipinski definition) is 4. The Morgan fingerprint density at radius 3 is 2.85 bits per heavy atom. The van der Waals surface area contributed by atoms with Crippen LogP contribution < -0.4 is 5.32 Å². The van der Waals surface area contributed by atoms with Crippen LogP contribution in [0, 0.1) is 0 Å². The lowest BCUT2D eigenvalue weighted by Gasteiger charge is -2.39. The number of amides is 1. The maximum absolute atomic E-state index is 12.0. The van der Waals surface area contributed by atoms with Crippen molar-refractivity contribution in [1.82, 2.24) is 15.1 Å². The van der Waals surface area contributed by atoms with Crippen LogP contribution in [0.15, 0.2) is 0 Å². The van der Waals surface area contributed by atoms with Crippen molar-refractivity contribution in [3.63, 3.8) is 0 Å². The molecule has 6 nitrogen and oxygen atoms in total. The fourth-order valence-electron chi connectivity index (χ4n) is 3.33. The number of likely N-dealkylation sites (tertiary alicyclic amines) is 1. The zero-order chi connectivity index (χ0) is 14.5. The number of piperazine rings is 1. The zero-order valence-electron chi connectivity index (χ0n) is 12.2. The van der Waals surface area contributed by atoms with E-state index in [9.17, 15) is 9.59 Å². The van der Waals surface area contributed by atoms with Crippen LogP contribution in [0.2, 0.25) is 0 Å². The molecule has 2 rings (SSSR count). The lowest BCUT2D eigenvalue weighted by atomic mass is 10.0. The Kier molecular flexibility index (Phi) is 5.37. The molecule has 0 aromatic carbocycles. The molecule has 0 radical (unpaired) electrons. The van der Waals surface area contributed by atoms with Gasteiger partial charge in [0.1, 0.15) is 0 Å². The van der Waals surface area contributed by atoms with Crippen molar-refractivity contribution < 1.29 is 14.7 Å². The summed E-state index contributed by atoms with van der Waals surface area (Å²) in [6, 6.07) is -0.165. The van der Waals surface area contributed by atoms with E-state index in [0.717, 1.165) is 45.4 Å². The van der Waals surface area contributed by atoms with Gasteiger partial charge in [-0.1, -0.05) is 6.92 Å². The van der Waals surface area contributed by atoms with Crippen LogP contribution >= 0.6 is 0 Å². The van der Waals surface area contributed by atoms with Gasteiger partial charge >= 0.3 is 5.97 Å². The third-order valence-corrected chi connectivity index (χ3v) is 4.45. The highest BCUT2D eigenvalue weighted by Crippen LogP contribution is 2.22. The molecule has 0 aliphatic carbocycles.